The summed E-state index contributed by atoms with van der Waals surface area (Å²) < 4.78 is 27.5. The first kappa shape index (κ1) is 15.1. The van der Waals surface area contributed by atoms with E-state index in [0.29, 0.717) is 12.3 Å². The molecular formula is C13H16ClNO4S. The van der Waals surface area contributed by atoms with Gasteiger partial charge in [0.25, 0.3) is 0 Å². The third-order valence-corrected chi connectivity index (χ3v) is 4.65. The van der Waals surface area contributed by atoms with E-state index in [1.165, 1.54) is 0 Å². The molecule has 0 spiro atoms. The second-order valence-electron chi connectivity index (χ2n) is 4.88. The summed E-state index contributed by atoms with van der Waals surface area (Å²) in [6.45, 7) is 2.23. The van der Waals surface area contributed by atoms with Crippen molar-refractivity contribution in [1.29, 1.82) is 0 Å². The van der Waals surface area contributed by atoms with Gasteiger partial charge in [-0.05, 0) is 19.1 Å². The number of hydrogen-bond donors (Lipinski definition) is 0. The molecule has 110 valence electrons. The van der Waals surface area contributed by atoms with Crippen LogP contribution < -0.4 is 9.64 Å². The molecule has 2 rings (SSSR count). The van der Waals surface area contributed by atoms with E-state index in [9.17, 15) is 13.2 Å². The normalized spacial score (nSPS) is 19.4. The van der Waals surface area contributed by atoms with E-state index in [2.05, 4.69) is 0 Å². The molecule has 0 aliphatic carbocycles. The molecule has 0 radical (unpaired) electrons. The van der Waals surface area contributed by atoms with Gasteiger partial charge in [-0.25, -0.2) is 8.42 Å². The second-order valence-corrected chi connectivity index (χ2v) is 7.71. The van der Waals surface area contributed by atoms with E-state index >= 15 is 0 Å². The zero-order valence-electron chi connectivity index (χ0n) is 11.3. The van der Waals surface area contributed by atoms with Gasteiger partial charge >= 0.3 is 0 Å². The summed E-state index contributed by atoms with van der Waals surface area (Å²) >= 11 is 0. The lowest BCUT2D eigenvalue weighted by atomic mass is 10.1. The Bertz CT molecular complexity index is 629. The third-order valence-electron chi connectivity index (χ3n) is 3.41. The van der Waals surface area contributed by atoms with Crippen LogP contribution in [0.15, 0.2) is 18.2 Å². The summed E-state index contributed by atoms with van der Waals surface area (Å²) in [6.07, 6.45) is 0.197. The number of hydrogen-bond acceptors (Lipinski definition) is 4. The smallest absolute Gasteiger partial charge is 0.232 e. The molecular weight excluding hydrogens is 302 g/mol. The maximum atomic E-state index is 12.1. The standard InChI is InChI=1S/C13H16ClNO4S/c1-9-11(4-3-5-12(9)19-2)15-7-10(6-13(15)16)8-20(14,17)18/h3-5,10H,6-8H2,1-2H3. The van der Waals surface area contributed by atoms with Crippen molar-refractivity contribution < 1.29 is 17.9 Å². The Balaban J connectivity index is 2.24. The Kier molecular flexibility index (Phi) is 4.25. The van der Waals surface area contributed by atoms with Crippen molar-refractivity contribution in [2.45, 2.75) is 13.3 Å². The molecule has 5 nitrogen and oxygen atoms in total. The van der Waals surface area contributed by atoms with Gasteiger partial charge in [0.2, 0.25) is 15.0 Å². The van der Waals surface area contributed by atoms with Gasteiger partial charge in [0, 0.05) is 35.1 Å². The van der Waals surface area contributed by atoms with Crippen molar-refractivity contribution >= 4 is 31.3 Å². The Morgan fingerprint density at radius 3 is 2.75 bits per heavy atom. The predicted molar refractivity (Wildman–Crippen MR) is 77.8 cm³/mol. The number of amides is 1. The quantitative estimate of drug-likeness (QED) is 0.796. The van der Waals surface area contributed by atoms with Crippen molar-refractivity contribution in [3.8, 4) is 5.75 Å². The molecule has 7 heteroatoms. The topological polar surface area (TPSA) is 63.7 Å². The number of rotatable bonds is 4. The largest absolute Gasteiger partial charge is 0.496 e. The number of benzene rings is 1. The van der Waals surface area contributed by atoms with Gasteiger partial charge in [-0.3, -0.25) is 4.79 Å². The molecule has 1 aliphatic rings. The van der Waals surface area contributed by atoms with Crippen LogP contribution in [0, 0.1) is 12.8 Å². The average molecular weight is 318 g/mol. The van der Waals surface area contributed by atoms with Gasteiger partial charge in [0.1, 0.15) is 5.75 Å². The van der Waals surface area contributed by atoms with Gasteiger partial charge in [-0.2, -0.15) is 0 Å². The Morgan fingerprint density at radius 1 is 1.45 bits per heavy atom. The van der Waals surface area contributed by atoms with E-state index in [0.717, 1.165) is 11.3 Å². The van der Waals surface area contributed by atoms with Crippen LogP contribution in [0.5, 0.6) is 5.75 Å². The summed E-state index contributed by atoms with van der Waals surface area (Å²) in [5, 5.41) is 0. The highest BCUT2D eigenvalue weighted by atomic mass is 35.7. The first-order chi connectivity index (χ1) is 9.31. The van der Waals surface area contributed by atoms with Crippen molar-refractivity contribution in [3.05, 3.63) is 23.8 Å². The van der Waals surface area contributed by atoms with Crippen LogP contribution >= 0.6 is 10.7 Å². The zero-order valence-corrected chi connectivity index (χ0v) is 12.9. The highest BCUT2D eigenvalue weighted by Gasteiger charge is 2.34. The SMILES string of the molecule is COc1cccc(N2CC(CS(=O)(=O)Cl)CC2=O)c1C. The number of anilines is 1. The van der Waals surface area contributed by atoms with Crippen LogP contribution in [0.3, 0.4) is 0 Å². The van der Waals surface area contributed by atoms with Gasteiger partial charge in [0.05, 0.1) is 18.6 Å². The molecule has 0 bridgehead atoms. The summed E-state index contributed by atoms with van der Waals surface area (Å²) in [7, 11) is 3.24. The zero-order chi connectivity index (χ0) is 14.9. The van der Waals surface area contributed by atoms with Crippen LogP contribution in [-0.4, -0.2) is 33.7 Å². The molecule has 20 heavy (non-hydrogen) atoms. The fourth-order valence-corrected chi connectivity index (χ4v) is 3.84. The van der Waals surface area contributed by atoms with Crippen LogP contribution in [0.2, 0.25) is 0 Å². The molecule has 1 aromatic rings. The van der Waals surface area contributed by atoms with Gasteiger partial charge in [-0.1, -0.05) is 6.07 Å². The molecule has 1 saturated heterocycles. The lowest BCUT2D eigenvalue weighted by molar-refractivity contribution is -0.117. The van der Waals surface area contributed by atoms with Crippen molar-refractivity contribution in [2.75, 3.05) is 24.3 Å². The average Bonchev–Trinajstić information content (AvgIpc) is 2.68. The van der Waals surface area contributed by atoms with E-state index < -0.39 is 9.05 Å². The van der Waals surface area contributed by atoms with Crippen LogP contribution in [0.1, 0.15) is 12.0 Å². The van der Waals surface area contributed by atoms with Crippen LogP contribution in [0.25, 0.3) is 0 Å². The monoisotopic (exact) mass is 317 g/mol. The predicted octanol–water partition coefficient (Wildman–Crippen LogP) is 1.93. The number of methoxy groups -OCH3 is 1. The highest BCUT2D eigenvalue weighted by molar-refractivity contribution is 8.13. The molecule has 1 aliphatic heterocycles. The number of ether oxygens (including phenoxy) is 1. The Hall–Kier alpha value is -1.27. The molecule has 1 aromatic carbocycles. The molecule has 0 saturated carbocycles. The molecule has 0 aromatic heterocycles. The minimum Gasteiger partial charge on any atom is -0.496 e. The third kappa shape index (κ3) is 3.24. The summed E-state index contributed by atoms with van der Waals surface area (Å²) in [5.41, 5.74) is 1.61. The van der Waals surface area contributed by atoms with E-state index in [1.54, 1.807) is 18.1 Å². The summed E-state index contributed by atoms with van der Waals surface area (Å²) in [5.74, 6) is 0.158. The summed E-state index contributed by atoms with van der Waals surface area (Å²) in [4.78, 5) is 13.7. The highest BCUT2D eigenvalue weighted by Crippen LogP contribution is 2.33. The number of nitrogens with zero attached hydrogens (tertiary/aromatic N) is 1. The van der Waals surface area contributed by atoms with Crippen molar-refractivity contribution in [2.24, 2.45) is 5.92 Å². The van der Waals surface area contributed by atoms with E-state index in [1.807, 2.05) is 19.1 Å². The number of carbonyl (C=O) groups excluding carboxylic acids is 1. The maximum absolute atomic E-state index is 12.1. The fourth-order valence-electron chi connectivity index (χ4n) is 2.52. The van der Waals surface area contributed by atoms with Crippen molar-refractivity contribution in [3.63, 3.8) is 0 Å². The molecule has 1 unspecified atom stereocenters. The minimum absolute atomic E-state index is 0.0910. The van der Waals surface area contributed by atoms with E-state index in [4.69, 9.17) is 15.4 Å². The lowest BCUT2D eigenvalue weighted by Gasteiger charge is -2.20. The molecule has 1 amide bonds. The molecule has 0 N–H and O–H groups in total. The van der Waals surface area contributed by atoms with Gasteiger partial charge in [-0.15, -0.1) is 0 Å². The Morgan fingerprint density at radius 2 is 2.15 bits per heavy atom. The molecule has 1 atom stereocenters. The molecule has 1 fully saturated rings. The first-order valence-electron chi connectivity index (χ1n) is 6.18. The second kappa shape index (κ2) is 5.61. The van der Waals surface area contributed by atoms with Gasteiger partial charge in [0.15, 0.2) is 0 Å². The number of halogens is 1. The lowest BCUT2D eigenvalue weighted by Crippen LogP contribution is -2.26. The van der Waals surface area contributed by atoms with Crippen molar-refractivity contribution in [1.82, 2.24) is 0 Å². The van der Waals surface area contributed by atoms with Crippen LogP contribution in [-0.2, 0) is 13.8 Å². The fraction of sp³-hybridized carbons (Fsp3) is 0.462. The van der Waals surface area contributed by atoms with Crippen LogP contribution in [0.4, 0.5) is 5.69 Å². The number of carbonyl (C=O) groups is 1. The first-order valence-corrected chi connectivity index (χ1v) is 8.66. The van der Waals surface area contributed by atoms with E-state index in [-0.39, 0.29) is 24.0 Å². The van der Waals surface area contributed by atoms with Gasteiger partial charge < -0.3 is 9.64 Å². The maximum Gasteiger partial charge on any atom is 0.232 e. The minimum atomic E-state index is -3.59. The summed E-state index contributed by atoms with van der Waals surface area (Å²) in [6, 6.07) is 5.45. The Labute approximate surface area is 122 Å². The molecule has 1 heterocycles.